The molecule has 0 aliphatic carbocycles. The van der Waals surface area contributed by atoms with Gasteiger partial charge in [0.05, 0.1) is 31.5 Å². The van der Waals surface area contributed by atoms with Crippen LogP contribution in [0.4, 0.5) is 8.78 Å². The number of amides is 2. The second kappa shape index (κ2) is 8.55. The summed E-state index contributed by atoms with van der Waals surface area (Å²) in [7, 11) is 0. The zero-order chi connectivity index (χ0) is 18.5. The van der Waals surface area contributed by atoms with Crippen LogP contribution in [0.3, 0.4) is 0 Å². The standard InChI is InChI=1S/C18H22F2N2O4/c19-13-1-2-15(16(20)9-13)18(24)22-5-3-12(4-6-22)17(23)21-10-14-11-25-7-8-26-14/h1-2,9,12,14H,3-8,10-11H2,(H,21,23)/t14-/m1/s1. The molecule has 6 nitrogen and oxygen atoms in total. The molecule has 26 heavy (non-hydrogen) atoms. The molecule has 8 heteroatoms. The van der Waals surface area contributed by atoms with Crippen LogP contribution in [0.1, 0.15) is 23.2 Å². The minimum atomic E-state index is -0.871. The van der Waals surface area contributed by atoms with Gasteiger partial charge < -0.3 is 19.7 Å². The van der Waals surface area contributed by atoms with Gasteiger partial charge in [-0.25, -0.2) is 8.78 Å². The van der Waals surface area contributed by atoms with Crippen molar-refractivity contribution in [2.45, 2.75) is 18.9 Å². The van der Waals surface area contributed by atoms with E-state index in [1.165, 1.54) is 4.90 Å². The third kappa shape index (κ3) is 4.56. The molecule has 0 spiro atoms. The van der Waals surface area contributed by atoms with Gasteiger partial charge in [-0.2, -0.15) is 0 Å². The van der Waals surface area contributed by atoms with Gasteiger partial charge in [0.2, 0.25) is 5.91 Å². The van der Waals surface area contributed by atoms with Crippen LogP contribution < -0.4 is 5.32 Å². The molecule has 2 amide bonds. The Balaban J connectivity index is 1.47. The van der Waals surface area contributed by atoms with E-state index in [1.54, 1.807) is 0 Å². The SMILES string of the molecule is O=C(NC[C@@H]1COCCO1)C1CCN(C(=O)c2ccc(F)cc2F)CC1. The number of carbonyl (C=O) groups excluding carboxylic acids is 2. The van der Waals surface area contributed by atoms with Crippen LogP contribution >= 0.6 is 0 Å². The van der Waals surface area contributed by atoms with E-state index in [0.29, 0.717) is 58.4 Å². The first-order valence-electron chi connectivity index (χ1n) is 8.76. The number of likely N-dealkylation sites (tertiary alicyclic amines) is 1. The van der Waals surface area contributed by atoms with Crippen LogP contribution in [-0.4, -0.2) is 62.3 Å². The van der Waals surface area contributed by atoms with Gasteiger partial charge in [0.15, 0.2) is 0 Å². The van der Waals surface area contributed by atoms with Gasteiger partial charge in [-0.3, -0.25) is 9.59 Å². The van der Waals surface area contributed by atoms with Crippen molar-refractivity contribution >= 4 is 11.8 Å². The second-order valence-electron chi connectivity index (χ2n) is 6.50. The van der Waals surface area contributed by atoms with Crippen molar-refractivity contribution in [2.75, 3.05) is 39.5 Å². The molecule has 2 fully saturated rings. The molecule has 0 aromatic heterocycles. The van der Waals surface area contributed by atoms with Crippen molar-refractivity contribution in [3.63, 3.8) is 0 Å². The molecule has 2 aliphatic rings. The topological polar surface area (TPSA) is 67.9 Å². The number of ether oxygens (including phenoxy) is 2. The first-order chi connectivity index (χ1) is 12.5. The zero-order valence-corrected chi connectivity index (χ0v) is 14.4. The normalized spacial score (nSPS) is 21.5. The Labute approximate surface area is 150 Å². The highest BCUT2D eigenvalue weighted by atomic mass is 19.1. The predicted octanol–water partition coefficient (Wildman–Crippen LogP) is 1.35. The fraction of sp³-hybridized carbons (Fsp3) is 0.556. The Bertz CT molecular complexity index is 657. The summed E-state index contributed by atoms with van der Waals surface area (Å²) in [6, 6.07) is 2.91. The molecule has 0 saturated carbocycles. The lowest BCUT2D eigenvalue weighted by Crippen LogP contribution is -2.46. The molecule has 1 N–H and O–H groups in total. The van der Waals surface area contributed by atoms with Gasteiger partial charge in [-0.15, -0.1) is 0 Å². The number of piperidine rings is 1. The van der Waals surface area contributed by atoms with Crippen LogP contribution in [0.5, 0.6) is 0 Å². The summed E-state index contributed by atoms with van der Waals surface area (Å²) < 4.78 is 37.5. The van der Waals surface area contributed by atoms with Gasteiger partial charge in [-0.1, -0.05) is 0 Å². The Morgan fingerprint density at radius 1 is 1.19 bits per heavy atom. The highest BCUT2D eigenvalue weighted by Gasteiger charge is 2.29. The molecule has 1 atom stereocenters. The van der Waals surface area contributed by atoms with E-state index in [9.17, 15) is 18.4 Å². The lowest BCUT2D eigenvalue weighted by molar-refractivity contribution is -0.128. The quantitative estimate of drug-likeness (QED) is 0.871. The van der Waals surface area contributed by atoms with Crippen LogP contribution in [-0.2, 0) is 14.3 Å². The zero-order valence-electron chi connectivity index (χ0n) is 14.4. The number of nitrogens with one attached hydrogen (secondary N) is 1. The molecule has 0 bridgehead atoms. The number of hydrogen-bond acceptors (Lipinski definition) is 4. The van der Waals surface area contributed by atoms with Crippen LogP contribution in [0.2, 0.25) is 0 Å². The first-order valence-corrected chi connectivity index (χ1v) is 8.76. The molecule has 1 aromatic rings. The molecule has 0 radical (unpaired) electrons. The Morgan fingerprint density at radius 3 is 2.62 bits per heavy atom. The summed E-state index contributed by atoms with van der Waals surface area (Å²) in [4.78, 5) is 26.1. The van der Waals surface area contributed by atoms with Crippen molar-refractivity contribution in [3.8, 4) is 0 Å². The number of benzene rings is 1. The first kappa shape index (κ1) is 18.7. The lowest BCUT2D eigenvalue weighted by atomic mass is 9.95. The Hall–Kier alpha value is -2.06. The van der Waals surface area contributed by atoms with Crippen LogP contribution in [0, 0.1) is 17.6 Å². The Kier molecular flexibility index (Phi) is 6.16. The highest BCUT2D eigenvalue weighted by Crippen LogP contribution is 2.20. The summed E-state index contributed by atoms with van der Waals surface area (Å²) >= 11 is 0. The maximum Gasteiger partial charge on any atom is 0.256 e. The molecule has 2 saturated heterocycles. The van der Waals surface area contributed by atoms with Gasteiger partial charge >= 0.3 is 0 Å². The van der Waals surface area contributed by atoms with Crippen molar-refractivity contribution in [1.82, 2.24) is 10.2 Å². The minimum absolute atomic E-state index is 0.0702. The van der Waals surface area contributed by atoms with Gasteiger partial charge in [0.1, 0.15) is 11.6 Å². The number of hydrogen-bond donors (Lipinski definition) is 1. The summed E-state index contributed by atoms with van der Waals surface area (Å²) in [5, 5.41) is 2.86. The third-order valence-corrected chi connectivity index (χ3v) is 4.70. The van der Waals surface area contributed by atoms with E-state index < -0.39 is 17.5 Å². The molecule has 142 valence electrons. The van der Waals surface area contributed by atoms with Crippen molar-refractivity contribution in [1.29, 1.82) is 0 Å². The van der Waals surface area contributed by atoms with E-state index in [1.807, 2.05) is 0 Å². The van der Waals surface area contributed by atoms with Crippen molar-refractivity contribution < 1.29 is 27.8 Å². The van der Waals surface area contributed by atoms with Gasteiger partial charge in [0.25, 0.3) is 5.91 Å². The van der Waals surface area contributed by atoms with Gasteiger partial charge in [-0.05, 0) is 25.0 Å². The molecular formula is C18H22F2N2O4. The maximum absolute atomic E-state index is 13.8. The predicted molar refractivity (Wildman–Crippen MR) is 88.6 cm³/mol. The summed E-state index contributed by atoms with van der Waals surface area (Å²) in [6.07, 6.45) is 0.876. The van der Waals surface area contributed by atoms with Crippen LogP contribution in [0.15, 0.2) is 18.2 Å². The fourth-order valence-corrected chi connectivity index (χ4v) is 3.19. The smallest absolute Gasteiger partial charge is 0.256 e. The van der Waals surface area contributed by atoms with E-state index in [4.69, 9.17) is 9.47 Å². The summed E-state index contributed by atoms with van der Waals surface area (Å²) in [5.74, 6) is -2.33. The molecule has 2 aliphatic heterocycles. The average Bonchev–Trinajstić information content (AvgIpc) is 2.66. The van der Waals surface area contributed by atoms with Crippen molar-refractivity contribution in [3.05, 3.63) is 35.4 Å². The summed E-state index contributed by atoms with van der Waals surface area (Å²) in [5.41, 5.74) is -0.149. The number of rotatable bonds is 4. The largest absolute Gasteiger partial charge is 0.376 e. The second-order valence-corrected chi connectivity index (χ2v) is 6.50. The fourth-order valence-electron chi connectivity index (χ4n) is 3.19. The average molecular weight is 368 g/mol. The Morgan fingerprint density at radius 2 is 1.96 bits per heavy atom. The van der Waals surface area contributed by atoms with Crippen LogP contribution in [0.25, 0.3) is 0 Å². The molecule has 1 aromatic carbocycles. The van der Waals surface area contributed by atoms with E-state index >= 15 is 0 Å². The minimum Gasteiger partial charge on any atom is -0.376 e. The maximum atomic E-state index is 13.8. The lowest BCUT2D eigenvalue weighted by Gasteiger charge is -2.32. The highest BCUT2D eigenvalue weighted by molar-refractivity contribution is 5.94. The summed E-state index contributed by atoms with van der Waals surface area (Å²) in [6.45, 7) is 2.69. The monoisotopic (exact) mass is 368 g/mol. The number of carbonyl (C=O) groups is 2. The third-order valence-electron chi connectivity index (χ3n) is 4.70. The molecule has 3 rings (SSSR count). The molecule has 0 unspecified atom stereocenters. The van der Waals surface area contributed by atoms with E-state index in [2.05, 4.69) is 5.32 Å². The van der Waals surface area contributed by atoms with Gasteiger partial charge in [0, 0.05) is 31.6 Å². The van der Waals surface area contributed by atoms with E-state index in [-0.39, 0.29) is 23.5 Å². The number of halogens is 2. The molecular weight excluding hydrogens is 346 g/mol. The van der Waals surface area contributed by atoms with Crippen molar-refractivity contribution in [2.24, 2.45) is 5.92 Å². The molecule has 2 heterocycles. The van der Waals surface area contributed by atoms with E-state index in [0.717, 1.165) is 12.1 Å². The number of nitrogens with zero attached hydrogens (tertiary/aromatic N) is 1.